The lowest BCUT2D eigenvalue weighted by atomic mass is 10.0. The number of amides is 1. The molecule has 5 aromatic rings. The second-order valence-electron chi connectivity index (χ2n) is 15.0. The summed E-state index contributed by atoms with van der Waals surface area (Å²) in [7, 11) is -4.31. The fraction of sp³-hybridized carbons (Fsp3) is 0.319. The number of carboxylic acids is 2. The summed E-state index contributed by atoms with van der Waals surface area (Å²) in [6.07, 6.45) is 10.8. The first kappa shape index (κ1) is 45.7. The Balaban J connectivity index is 1.34. The number of unbranched alkanes of at least 4 members (excludes halogenated alkanes) is 8. The minimum absolute atomic E-state index is 0.00188. The van der Waals surface area contributed by atoms with E-state index in [1.807, 2.05) is 6.92 Å². The molecule has 1 amide bonds. The van der Waals surface area contributed by atoms with Gasteiger partial charge in [-0.25, -0.2) is 18.0 Å². The lowest BCUT2D eigenvalue weighted by molar-refractivity contribution is 0.0695. The third-order valence-corrected chi connectivity index (χ3v) is 12.6. The van der Waals surface area contributed by atoms with E-state index in [1.54, 1.807) is 49.4 Å². The molecule has 0 unspecified atom stereocenters. The minimum Gasteiger partial charge on any atom is -0.506 e. The average molecular weight is 849 g/mol. The van der Waals surface area contributed by atoms with Crippen LogP contribution in [0.5, 0.6) is 5.75 Å². The molecule has 0 saturated carbocycles. The number of phenolic OH excluding ortho intramolecular Hbond substituents is 1. The number of azo groups is 1. The third kappa shape index (κ3) is 11.1. The summed E-state index contributed by atoms with van der Waals surface area (Å²) >= 11 is 0. The number of carbonyl (C=O) groups is 4. The van der Waals surface area contributed by atoms with Crippen molar-refractivity contribution in [2.24, 2.45) is 10.2 Å². The number of sulfonamides is 1. The second-order valence-corrected chi connectivity index (χ2v) is 16.8. The molecule has 0 fully saturated rings. The molecule has 61 heavy (non-hydrogen) atoms. The lowest BCUT2D eigenvalue weighted by Crippen LogP contribution is -2.32. The monoisotopic (exact) mass is 848 g/mol. The van der Waals surface area contributed by atoms with Gasteiger partial charge in [-0.3, -0.25) is 13.9 Å². The number of rotatable bonds is 21. The van der Waals surface area contributed by atoms with Crippen LogP contribution in [-0.2, 0) is 10.0 Å². The van der Waals surface area contributed by atoms with Crippen molar-refractivity contribution in [2.75, 3.05) is 16.2 Å². The topological polar surface area (TPSA) is 203 Å². The molecule has 4 N–H and O–H groups in total. The highest BCUT2D eigenvalue weighted by Crippen LogP contribution is 2.38. The predicted molar refractivity (Wildman–Crippen MR) is 237 cm³/mol. The van der Waals surface area contributed by atoms with Crippen molar-refractivity contribution in [1.29, 1.82) is 0 Å². The zero-order valence-corrected chi connectivity index (χ0v) is 35.7. The Morgan fingerprint density at radius 2 is 1.33 bits per heavy atom. The van der Waals surface area contributed by atoms with Gasteiger partial charge in [0.15, 0.2) is 5.78 Å². The van der Waals surface area contributed by atoms with Crippen LogP contribution in [0.1, 0.15) is 131 Å². The van der Waals surface area contributed by atoms with E-state index < -0.39 is 27.9 Å². The van der Waals surface area contributed by atoms with E-state index in [4.69, 9.17) is 0 Å². The van der Waals surface area contributed by atoms with Crippen LogP contribution in [0, 0.1) is 13.8 Å². The van der Waals surface area contributed by atoms with Gasteiger partial charge in [0.1, 0.15) is 5.75 Å². The third-order valence-electron chi connectivity index (χ3n) is 10.7. The maximum atomic E-state index is 13.9. The molecule has 0 aliphatic rings. The molecule has 0 heterocycles. The fourth-order valence-corrected chi connectivity index (χ4v) is 8.68. The summed E-state index contributed by atoms with van der Waals surface area (Å²) in [5.41, 5.74) is 1.37. The number of carbonyl (C=O) groups excluding carboxylic acids is 2. The van der Waals surface area contributed by atoms with Gasteiger partial charge in [-0.15, -0.1) is 5.11 Å². The Morgan fingerprint density at radius 1 is 0.689 bits per heavy atom. The maximum absolute atomic E-state index is 13.9. The van der Waals surface area contributed by atoms with Crippen molar-refractivity contribution in [3.63, 3.8) is 0 Å². The Labute approximate surface area is 356 Å². The van der Waals surface area contributed by atoms with E-state index in [9.17, 15) is 42.9 Å². The zero-order valence-electron chi connectivity index (χ0n) is 34.9. The number of hydrogen-bond acceptors (Lipinski definition) is 9. The summed E-state index contributed by atoms with van der Waals surface area (Å²) in [6.45, 7) is 6.85. The zero-order chi connectivity index (χ0) is 44.3. The molecule has 14 heteroatoms. The first-order valence-corrected chi connectivity index (χ1v) is 22.0. The summed E-state index contributed by atoms with van der Waals surface area (Å²) < 4.78 is 28.7. The van der Waals surface area contributed by atoms with Crippen LogP contribution in [0.25, 0.3) is 10.8 Å². The average Bonchev–Trinajstić information content (AvgIpc) is 3.24. The molecule has 320 valence electrons. The van der Waals surface area contributed by atoms with Crippen LogP contribution in [0.15, 0.2) is 100 Å². The van der Waals surface area contributed by atoms with E-state index in [0.29, 0.717) is 28.4 Å². The van der Waals surface area contributed by atoms with Crippen LogP contribution in [0.2, 0.25) is 0 Å². The van der Waals surface area contributed by atoms with E-state index >= 15 is 0 Å². The van der Waals surface area contributed by atoms with Gasteiger partial charge in [-0.2, -0.15) is 5.11 Å². The number of anilines is 2. The van der Waals surface area contributed by atoms with E-state index in [1.165, 1.54) is 75.8 Å². The van der Waals surface area contributed by atoms with Crippen molar-refractivity contribution in [3.8, 4) is 5.75 Å². The minimum atomic E-state index is -4.31. The normalized spacial score (nSPS) is 11.5. The first-order valence-electron chi connectivity index (χ1n) is 20.5. The summed E-state index contributed by atoms with van der Waals surface area (Å²) in [5, 5.41) is 42.9. The van der Waals surface area contributed by atoms with Gasteiger partial charge < -0.3 is 20.6 Å². The Kier molecular flexibility index (Phi) is 15.5. The highest BCUT2D eigenvalue weighted by molar-refractivity contribution is 7.92. The summed E-state index contributed by atoms with van der Waals surface area (Å²) in [6, 6.07) is 20.9. The molecule has 5 rings (SSSR count). The Bertz CT molecular complexity index is 2570. The SMILES string of the molecule is CCCCCCCCCCCC(=O)c1ccc(C)c(NC(=O)c2cc(N=Nc3ccc(S(=O)(=O)N(CC)c4cc(C(=O)O)cc(C(=O)O)c4C)cc3)c3ccccc3c2O)c1. The number of aromatic carboxylic acids is 2. The second kappa shape index (κ2) is 20.7. The number of hydrogen-bond donors (Lipinski definition) is 4. The van der Waals surface area contributed by atoms with Gasteiger partial charge >= 0.3 is 11.9 Å². The van der Waals surface area contributed by atoms with Gasteiger partial charge in [0, 0.05) is 35.0 Å². The number of aromatic hydroxyl groups is 1. The van der Waals surface area contributed by atoms with Crippen LogP contribution >= 0.6 is 0 Å². The number of benzene rings is 5. The van der Waals surface area contributed by atoms with Gasteiger partial charge in [0.25, 0.3) is 15.9 Å². The van der Waals surface area contributed by atoms with Crippen LogP contribution < -0.4 is 9.62 Å². The van der Waals surface area contributed by atoms with Crippen molar-refractivity contribution < 1.29 is 42.9 Å². The number of nitrogens with one attached hydrogen (secondary N) is 1. The molecule has 0 aliphatic heterocycles. The van der Waals surface area contributed by atoms with Crippen molar-refractivity contribution in [3.05, 3.63) is 118 Å². The molecule has 0 aliphatic carbocycles. The van der Waals surface area contributed by atoms with Gasteiger partial charge in [-0.1, -0.05) is 94.7 Å². The molecule has 0 spiro atoms. The van der Waals surface area contributed by atoms with Crippen molar-refractivity contribution >= 4 is 67.2 Å². The number of phenols is 1. The number of ketones is 1. The molecule has 5 aromatic carbocycles. The number of fused-ring (bicyclic) bond motifs is 1. The summed E-state index contributed by atoms with van der Waals surface area (Å²) in [5.74, 6) is -3.70. The quantitative estimate of drug-likeness (QED) is 0.0315. The number of carboxylic acid groups (broad SMARTS) is 2. The van der Waals surface area contributed by atoms with E-state index in [2.05, 4.69) is 22.5 Å². The summed E-state index contributed by atoms with van der Waals surface area (Å²) in [4.78, 5) is 50.4. The molecule has 0 saturated heterocycles. The first-order chi connectivity index (χ1) is 29.2. The number of aryl methyl sites for hydroxylation is 1. The molecular weight excluding hydrogens is 797 g/mol. The Morgan fingerprint density at radius 3 is 1.95 bits per heavy atom. The smallest absolute Gasteiger partial charge is 0.336 e. The predicted octanol–water partition coefficient (Wildman–Crippen LogP) is 11.5. The van der Waals surface area contributed by atoms with Gasteiger partial charge in [-0.05, 0) is 86.8 Å². The van der Waals surface area contributed by atoms with Crippen LogP contribution in [0.3, 0.4) is 0 Å². The van der Waals surface area contributed by atoms with Crippen molar-refractivity contribution in [2.45, 2.75) is 96.8 Å². The largest absolute Gasteiger partial charge is 0.506 e. The molecule has 0 bridgehead atoms. The molecule has 0 radical (unpaired) electrons. The maximum Gasteiger partial charge on any atom is 0.336 e. The molecule has 0 aromatic heterocycles. The molecule has 0 atom stereocenters. The van der Waals surface area contributed by atoms with Gasteiger partial charge in [0.05, 0.1) is 38.6 Å². The lowest BCUT2D eigenvalue weighted by Gasteiger charge is -2.25. The molecule has 13 nitrogen and oxygen atoms in total. The van der Waals surface area contributed by atoms with Crippen LogP contribution in [-0.4, -0.2) is 53.9 Å². The van der Waals surface area contributed by atoms with Crippen LogP contribution in [0.4, 0.5) is 22.7 Å². The highest BCUT2D eigenvalue weighted by atomic mass is 32.2. The highest BCUT2D eigenvalue weighted by Gasteiger charge is 2.28. The van der Waals surface area contributed by atoms with E-state index in [-0.39, 0.29) is 62.3 Å². The number of Topliss-reactive ketones (excluding diaryl/α,β-unsaturated/α-hetero) is 1. The van der Waals surface area contributed by atoms with Crippen molar-refractivity contribution in [1.82, 2.24) is 0 Å². The number of nitrogens with zero attached hydrogens (tertiary/aromatic N) is 3. The Hall–Kier alpha value is -6.41. The standard InChI is InChI=1S/C47H52N4O9S/c1-5-7-8-9-10-11-12-13-14-19-43(52)32-21-20-30(3)40(27-32)48-45(54)39-29-41(36-17-15-16-18-37(36)44(39)53)50-49-34-22-24-35(25-23-34)61(59,60)51(6-2)42-28-33(46(55)56)26-38(31(42)4)47(57)58/h15-18,20-29,53H,5-14,19H2,1-4H3,(H,48,54)(H,55,56)(H,57,58). The van der Waals surface area contributed by atoms with Gasteiger partial charge in [0.2, 0.25) is 0 Å². The van der Waals surface area contributed by atoms with E-state index in [0.717, 1.165) is 41.3 Å². The molecular formula is C47H52N4O9S. The fourth-order valence-electron chi connectivity index (χ4n) is 7.15.